The molecule has 0 radical (unpaired) electrons. The van der Waals surface area contributed by atoms with Gasteiger partial charge in [-0.2, -0.15) is 0 Å². The van der Waals surface area contributed by atoms with E-state index in [0.717, 1.165) is 11.3 Å². The SMILES string of the molecule is Cc1nc(-c2ccc(F)cc2)sc1C(=O)NC(C(=O)O)c1ccccc1. The number of thiazole rings is 1. The molecule has 3 aromatic rings. The van der Waals surface area contributed by atoms with E-state index in [2.05, 4.69) is 10.3 Å². The fourth-order valence-corrected chi connectivity index (χ4v) is 3.43. The maximum absolute atomic E-state index is 13.1. The molecule has 1 atom stereocenters. The first-order valence-electron chi connectivity index (χ1n) is 7.77. The topological polar surface area (TPSA) is 79.3 Å². The Bertz CT molecular complexity index is 939. The number of halogens is 1. The van der Waals surface area contributed by atoms with Crippen LogP contribution in [-0.4, -0.2) is 22.0 Å². The van der Waals surface area contributed by atoms with Crippen molar-refractivity contribution in [2.24, 2.45) is 0 Å². The van der Waals surface area contributed by atoms with E-state index < -0.39 is 17.9 Å². The van der Waals surface area contributed by atoms with E-state index in [-0.39, 0.29) is 5.82 Å². The van der Waals surface area contributed by atoms with Gasteiger partial charge in [-0.3, -0.25) is 4.79 Å². The molecule has 0 saturated carbocycles. The molecule has 0 aliphatic carbocycles. The molecule has 132 valence electrons. The van der Waals surface area contributed by atoms with Crippen LogP contribution in [0.15, 0.2) is 54.6 Å². The second-order valence-corrected chi connectivity index (χ2v) is 6.59. The van der Waals surface area contributed by atoms with Gasteiger partial charge in [0.05, 0.1) is 5.69 Å². The van der Waals surface area contributed by atoms with E-state index >= 15 is 0 Å². The Morgan fingerprint density at radius 2 is 1.77 bits per heavy atom. The maximum atomic E-state index is 13.1. The lowest BCUT2D eigenvalue weighted by Gasteiger charge is -2.14. The molecule has 2 N–H and O–H groups in total. The molecule has 2 aromatic carbocycles. The largest absolute Gasteiger partial charge is 0.479 e. The third-order valence-corrected chi connectivity index (χ3v) is 4.95. The van der Waals surface area contributed by atoms with Gasteiger partial charge in [0.25, 0.3) is 5.91 Å². The van der Waals surface area contributed by atoms with Gasteiger partial charge in [-0.1, -0.05) is 30.3 Å². The van der Waals surface area contributed by atoms with Gasteiger partial charge < -0.3 is 10.4 Å². The number of hydrogen-bond donors (Lipinski definition) is 2. The zero-order valence-corrected chi connectivity index (χ0v) is 14.6. The van der Waals surface area contributed by atoms with Crippen molar-refractivity contribution in [3.63, 3.8) is 0 Å². The molecule has 3 rings (SSSR count). The van der Waals surface area contributed by atoms with Crippen LogP contribution in [0.3, 0.4) is 0 Å². The first kappa shape index (κ1) is 17.8. The van der Waals surface area contributed by atoms with Crippen molar-refractivity contribution in [3.05, 3.63) is 76.5 Å². The Hall–Kier alpha value is -3.06. The third-order valence-electron chi connectivity index (χ3n) is 3.75. The number of carbonyl (C=O) groups is 2. The number of aryl methyl sites for hydroxylation is 1. The molecule has 0 aliphatic heterocycles. The quantitative estimate of drug-likeness (QED) is 0.716. The molecule has 5 nitrogen and oxygen atoms in total. The fraction of sp³-hybridized carbons (Fsp3) is 0.105. The highest BCUT2D eigenvalue weighted by Crippen LogP contribution is 2.28. The highest BCUT2D eigenvalue weighted by molar-refractivity contribution is 7.17. The minimum Gasteiger partial charge on any atom is -0.479 e. The van der Waals surface area contributed by atoms with Crippen LogP contribution >= 0.6 is 11.3 Å². The minimum absolute atomic E-state index is 0.325. The lowest BCUT2D eigenvalue weighted by Crippen LogP contribution is -2.33. The van der Waals surface area contributed by atoms with Crippen molar-refractivity contribution in [1.82, 2.24) is 10.3 Å². The number of amides is 1. The van der Waals surface area contributed by atoms with Gasteiger partial charge in [0.15, 0.2) is 6.04 Å². The molecule has 1 heterocycles. The van der Waals surface area contributed by atoms with E-state index in [1.165, 1.54) is 12.1 Å². The molecule has 1 aromatic heterocycles. The molecule has 1 amide bonds. The monoisotopic (exact) mass is 370 g/mol. The van der Waals surface area contributed by atoms with Crippen molar-refractivity contribution in [2.45, 2.75) is 13.0 Å². The summed E-state index contributed by atoms with van der Waals surface area (Å²) in [4.78, 5) is 28.8. The van der Waals surface area contributed by atoms with E-state index in [0.29, 0.717) is 26.7 Å². The molecular formula is C19H15FN2O3S. The lowest BCUT2D eigenvalue weighted by atomic mass is 10.1. The average molecular weight is 370 g/mol. The van der Waals surface area contributed by atoms with Crippen LogP contribution in [0.25, 0.3) is 10.6 Å². The summed E-state index contributed by atoms with van der Waals surface area (Å²) in [6, 6.07) is 13.1. The van der Waals surface area contributed by atoms with Gasteiger partial charge >= 0.3 is 5.97 Å². The summed E-state index contributed by atoms with van der Waals surface area (Å²) in [6.07, 6.45) is 0. The summed E-state index contributed by atoms with van der Waals surface area (Å²) in [5.41, 5.74) is 1.66. The molecule has 26 heavy (non-hydrogen) atoms. The number of aliphatic carboxylic acids is 1. The second-order valence-electron chi connectivity index (χ2n) is 5.60. The van der Waals surface area contributed by atoms with Crippen molar-refractivity contribution < 1.29 is 19.1 Å². The van der Waals surface area contributed by atoms with Crippen LogP contribution in [-0.2, 0) is 4.79 Å². The summed E-state index contributed by atoms with van der Waals surface area (Å²) in [5, 5.41) is 12.5. The summed E-state index contributed by atoms with van der Waals surface area (Å²) in [6.45, 7) is 1.68. The number of carbonyl (C=O) groups excluding carboxylic acids is 1. The van der Waals surface area contributed by atoms with Crippen LogP contribution in [0, 0.1) is 12.7 Å². The summed E-state index contributed by atoms with van der Waals surface area (Å²) in [5.74, 6) is -2.01. The van der Waals surface area contributed by atoms with Gasteiger partial charge in [0, 0.05) is 5.56 Å². The molecule has 7 heteroatoms. The van der Waals surface area contributed by atoms with Crippen molar-refractivity contribution >= 4 is 23.2 Å². The van der Waals surface area contributed by atoms with Crippen molar-refractivity contribution in [2.75, 3.05) is 0 Å². The summed E-state index contributed by atoms with van der Waals surface area (Å²) < 4.78 is 13.1. The van der Waals surface area contributed by atoms with Crippen LogP contribution in [0.5, 0.6) is 0 Å². The number of carboxylic acids is 1. The Kier molecular flexibility index (Phi) is 5.09. The molecule has 0 aliphatic rings. The van der Waals surface area contributed by atoms with Crippen molar-refractivity contribution in [1.29, 1.82) is 0 Å². The van der Waals surface area contributed by atoms with Gasteiger partial charge in [-0.25, -0.2) is 14.2 Å². The van der Waals surface area contributed by atoms with E-state index in [1.807, 2.05) is 0 Å². The maximum Gasteiger partial charge on any atom is 0.330 e. The minimum atomic E-state index is -1.15. The van der Waals surface area contributed by atoms with E-state index in [1.54, 1.807) is 49.4 Å². The third kappa shape index (κ3) is 3.78. The second kappa shape index (κ2) is 7.45. The lowest BCUT2D eigenvalue weighted by molar-refractivity contribution is -0.139. The predicted molar refractivity (Wildman–Crippen MR) is 96.5 cm³/mol. The Morgan fingerprint density at radius 1 is 1.12 bits per heavy atom. The summed E-state index contributed by atoms with van der Waals surface area (Å²) in [7, 11) is 0. The number of nitrogens with zero attached hydrogens (tertiary/aromatic N) is 1. The fourth-order valence-electron chi connectivity index (χ4n) is 2.45. The molecular weight excluding hydrogens is 355 g/mol. The number of aromatic nitrogens is 1. The zero-order chi connectivity index (χ0) is 18.7. The van der Waals surface area contributed by atoms with Gasteiger partial charge in [-0.05, 0) is 36.8 Å². The number of rotatable bonds is 5. The van der Waals surface area contributed by atoms with Gasteiger partial charge in [0.2, 0.25) is 0 Å². The normalized spacial score (nSPS) is 11.8. The average Bonchev–Trinajstić information content (AvgIpc) is 3.02. The highest BCUT2D eigenvalue weighted by Gasteiger charge is 2.25. The van der Waals surface area contributed by atoms with E-state index in [4.69, 9.17) is 0 Å². The van der Waals surface area contributed by atoms with Gasteiger partial charge in [-0.15, -0.1) is 11.3 Å². The molecule has 0 bridgehead atoms. The van der Waals surface area contributed by atoms with Crippen LogP contribution in [0.1, 0.15) is 27.0 Å². The molecule has 0 spiro atoms. The standard InChI is InChI=1S/C19H15FN2O3S/c1-11-16(26-18(21-11)13-7-9-14(20)10-8-13)17(23)22-15(19(24)25)12-5-3-2-4-6-12/h2-10,15H,1H3,(H,22,23)(H,24,25). The zero-order valence-electron chi connectivity index (χ0n) is 13.8. The Labute approximate surface area is 153 Å². The molecule has 0 fully saturated rings. The number of nitrogens with one attached hydrogen (secondary N) is 1. The first-order chi connectivity index (χ1) is 12.5. The number of benzene rings is 2. The highest BCUT2D eigenvalue weighted by atomic mass is 32.1. The van der Waals surface area contributed by atoms with Crippen LogP contribution < -0.4 is 5.32 Å². The Balaban J connectivity index is 1.85. The van der Waals surface area contributed by atoms with Crippen LogP contribution in [0.4, 0.5) is 4.39 Å². The predicted octanol–water partition coefficient (Wildman–Crippen LogP) is 3.81. The van der Waals surface area contributed by atoms with Crippen LogP contribution in [0.2, 0.25) is 0 Å². The number of carboxylic acid groups (broad SMARTS) is 1. The number of hydrogen-bond acceptors (Lipinski definition) is 4. The molecule has 0 saturated heterocycles. The summed E-state index contributed by atoms with van der Waals surface area (Å²) >= 11 is 1.14. The van der Waals surface area contributed by atoms with E-state index in [9.17, 15) is 19.1 Å². The molecule has 1 unspecified atom stereocenters. The smallest absolute Gasteiger partial charge is 0.330 e. The Morgan fingerprint density at radius 3 is 2.38 bits per heavy atom. The first-order valence-corrected chi connectivity index (χ1v) is 8.59. The van der Waals surface area contributed by atoms with Crippen molar-refractivity contribution in [3.8, 4) is 10.6 Å². The van der Waals surface area contributed by atoms with Gasteiger partial charge in [0.1, 0.15) is 15.7 Å².